The van der Waals surface area contributed by atoms with Crippen LogP contribution in [0.5, 0.6) is 0 Å². The van der Waals surface area contributed by atoms with Gasteiger partial charge in [-0.3, -0.25) is 4.98 Å². The summed E-state index contributed by atoms with van der Waals surface area (Å²) in [5, 5.41) is 15.5. The molecule has 0 spiro atoms. The second-order valence-electron chi connectivity index (χ2n) is 12.4. The van der Waals surface area contributed by atoms with E-state index in [1.165, 1.54) is 6.20 Å². The number of benzene rings is 3. The molecular weight excluding hydrogens is 593 g/mol. The van der Waals surface area contributed by atoms with Gasteiger partial charge in [0, 0.05) is 42.2 Å². The Labute approximate surface area is 265 Å². The third-order valence-electron chi connectivity index (χ3n) is 8.15. The van der Waals surface area contributed by atoms with Gasteiger partial charge in [0.05, 0.1) is 24.5 Å². The highest BCUT2D eigenvalue weighted by Gasteiger charge is 2.50. The van der Waals surface area contributed by atoms with Gasteiger partial charge in [0.15, 0.2) is 5.82 Å². The molecule has 2 heterocycles. The van der Waals surface area contributed by atoms with E-state index in [9.17, 15) is 5.21 Å². The molecule has 2 atom stereocenters. The second-order valence-corrected chi connectivity index (χ2v) is 17.0. The number of ether oxygens (including phenoxy) is 1. The summed E-state index contributed by atoms with van der Waals surface area (Å²) >= 11 is 6.94. The van der Waals surface area contributed by atoms with Crippen LogP contribution in [0, 0.1) is 5.82 Å². The zero-order valence-corrected chi connectivity index (χ0v) is 27.6. The molecule has 0 radical (unpaired) electrons. The quantitative estimate of drug-likeness (QED) is 0.100. The van der Waals surface area contributed by atoms with E-state index in [0.29, 0.717) is 29.9 Å². The van der Waals surface area contributed by atoms with Crippen LogP contribution in [0.25, 0.3) is 0 Å². The van der Waals surface area contributed by atoms with Gasteiger partial charge in [-0.25, -0.2) is 4.39 Å². The molecule has 5 rings (SSSR count). The predicted octanol–water partition coefficient (Wildman–Crippen LogP) is 6.79. The number of rotatable bonds is 8. The third kappa shape index (κ3) is 6.17. The molecule has 4 aromatic rings. The van der Waals surface area contributed by atoms with Gasteiger partial charge in [-0.2, -0.15) is 0 Å². The molecule has 0 unspecified atom stereocenters. The van der Waals surface area contributed by atoms with Crippen molar-refractivity contribution < 1.29 is 18.8 Å². The molecule has 44 heavy (non-hydrogen) atoms. The van der Waals surface area contributed by atoms with Crippen molar-refractivity contribution in [3.8, 4) is 0 Å². The Balaban J connectivity index is 1.70. The molecular formula is C35H39ClFN3O3Si. The summed E-state index contributed by atoms with van der Waals surface area (Å²) in [6, 6.07) is 25.9. The van der Waals surface area contributed by atoms with Crippen molar-refractivity contribution in [2.75, 3.05) is 18.0 Å². The minimum absolute atomic E-state index is 0.0412. The lowest BCUT2D eigenvalue weighted by molar-refractivity contribution is -0.00532. The Hall–Kier alpha value is -3.56. The van der Waals surface area contributed by atoms with Crippen LogP contribution in [0.1, 0.15) is 51.3 Å². The molecule has 0 aliphatic carbocycles. The van der Waals surface area contributed by atoms with Gasteiger partial charge in [-0.05, 0) is 47.5 Å². The summed E-state index contributed by atoms with van der Waals surface area (Å²) in [6.07, 6.45) is 2.98. The molecule has 0 saturated carbocycles. The van der Waals surface area contributed by atoms with Crippen molar-refractivity contribution in [3.63, 3.8) is 0 Å². The highest BCUT2D eigenvalue weighted by Crippen LogP contribution is 2.41. The van der Waals surface area contributed by atoms with Gasteiger partial charge in [-0.15, -0.1) is 0 Å². The Morgan fingerprint density at radius 3 is 2.11 bits per heavy atom. The number of morpholine rings is 1. The monoisotopic (exact) mass is 631 g/mol. The van der Waals surface area contributed by atoms with Crippen molar-refractivity contribution in [1.29, 1.82) is 0 Å². The average molecular weight is 632 g/mol. The first kappa shape index (κ1) is 31.8. The zero-order chi connectivity index (χ0) is 31.5. The van der Waals surface area contributed by atoms with Crippen LogP contribution in [0.2, 0.25) is 10.1 Å². The number of anilines is 1. The Kier molecular flexibility index (Phi) is 9.55. The van der Waals surface area contributed by atoms with Crippen LogP contribution >= 0.6 is 11.6 Å². The van der Waals surface area contributed by atoms with Crippen LogP contribution in [0.3, 0.4) is 0 Å². The summed E-state index contributed by atoms with van der Waals surface area (Å²) in [7, 11) is -2.95. The highest BCUT2D eigenvalue weighted by molar-refractivity contribution is 6.99. The average Bonchev–Trinajstić information content (AvgIpc) is 3.00. The topological polar surface area (TPSA) is 67.2 Å². The predicted molar refractivity (Wildman–Crippen MR) is 178 cm³/mol. The first-order valence-electron chi connectivity index (χ1n) is 14.9. The smallest absolute Gasteiger partial charge is 0.261 e. The minimum atomic E-state index is -2.95. The summed E-state index contributed by atoms with van der Waals surface area (Å²) < 4.78 is 29.6. The fourth-order valence-corrected chi connectivity index (χ4v) is 11.2. The molecule has 1 N–H and O–H groups in total. The first-order chi connectivity index (χ1) is 21.1. The van der Waals surface area contributed by atoms with E-state index in [1.54, 1.807) is 24.4 Å². The molecule has 6 nitrogen and oxygen atoms in total. The summed E-state index contributed by atoms with van der Waals surface area (Å²) in [6.45, 7) is 11.9. The SMILES string of the molecule is C[C@@H]1CN(c2c(CO[Si](c3ccccc3)(c3ccccc3)C(C)(C)C)cc(C(=NO)c3cccnc3)c(F)c2Cl)C[C@H](C)O1. The van der Waals surface area contributed by atoms with Crippen LogP contribution in [-0.4, -0.2) is 49.5 Å². The van der Waals surface area contributed by atoms with Crippen LogP contribution in [0.15, 0.2) is 96.4 Å². The van der Waals surface area contributed by atoms with E-state index in [0.717, 1.165) is 10.4 Å². The normalized spacial score (nSPS) is 18.0. The van der Waals surface area contributed by atoms with E-state index in [1.807, 2.05) is 50.2 Å². The fraction of sp³-hybridized carbons (Fsp3) is 0.314. The van der Waals surface area contributed by atoms with Gasteiger partial charge >= 0.3 is 0 Å². The van der Waals surface area contributed by atoms with Crippen molar-refractivity contribution in [1.82, 2.24) is 4.98 Å². The van der Waals surface area contributed by atoms with Crippen molar-refractivity contribution in [2.45, 2.75) is 58.5 Å². The summed E-state index contributed by atoms with van der Waals surface area (Å²) in [4.78, 5) is 6.22. The molecule has 0 amide bonds. The number of nitrogens with zero attached hydrogens (tertiary/aromatic N) is 3. The van der Waals surface area contributed by atoms with Crippen LogP contribution < -0.4 is 15.3 Å². The molecule has 3 aromatic carbocycles. The molecule has 230 valence electrons. The molecule has 1 aromatic heterocycles. The molecule has 1 aliphatic rings. The summed E-state index contributed by atoms with van der Waals surface area (Å²) in [5.41, 5.74) is 1.84. The lowest BCUT2D eigenvalue weighted by atomic mass is 9.99. The number of halogens is 2. The fourth-order valence-electron chi connectivity index (χ4n) is 6.37. The highest BCUT2D eigenvalue weighted by atomic mass is 35.5. The number of hydrogen-bond acceptors (Lipinski definition) is 6. The standard InChI is InChI=1S/C35H39ClFN3O3Si/c1-24-21-40(22-25(2)43-24)34-27(19-30(32(37)31(34)36)33(39-41)26-13-12-18-38-20-26)23-42-44(35(3,4)5,28-14-8-6-9-15-28)29-16-10-7-11-17-29/h6-20,24-25,41H,21-23H2,1-5H3/t24-,25+. The van der Waals surface area contributed by atoms with E-state index >= 15 is 4.39 Å². The molecule has 1 fully saturated rings. The third-order valence-corrected chi connectivity index (χ3v) is 13.5. The number of oxime groups is 1. The maximum atomic E-state index is 16.3. The van der Waals surface area contributed by atoms with Crippen molar-refractivity contribution in [2.24, 2.45) is 5.16 Å². The Morgan fingerprint density at radius 2 is 1.61 bits per heavy atom. The van der Waals surface area contributed by atoms with E-state index in [-0.39, 0.29) is 40.2 Å². The van der Waals surface area contributed by atoms with E-state index in [4.69, 9.17) is 20.8 Å². The Bertz CT molecular complexity index is 1550. The molecule has 1 aliphatic heterocycles. The number of hydrogen-bond donors (Lipinski definition) is 1. The van der Waals surface area contributed by atoms with Crippen molar-refractivity contribution >= 4 is 41.7 Å². The van der Waals surface area contributed by atoms with Gasteiger partial charge < -0.3 is 19.3 Å². The van der Waals surface area contributed by atoms with Crippen LogP contribution in [-0.2, 0) is 15.8 Å². The molecule has 1 saturated heterocycles. The van der Waals surface area contributed by atoms with Gasteiger partial charge in [0.25, 0.3) is 8.32 Å². The lowest BCUT2D eigenvalue weighted by Crippen LogP contribution is -2.66. The van der Waals surface area contributed by atoms with Crippen molar-refractivity contribution in [3.05, 3.63) is 119 Å². The largest absolute Gasteiger partial charge is 0.410 e. The zero-order valence-electron chi connectivity index (χ0n) is 25.8. The maximum absolute atomic E-state index is 16.3. The summed E-state index contributed by atoms with van der Waals surface area (Å²) in [5.74, 6) is -0.667. The lowest BCUT2D eigenvalue weighted by Gasteiger charge is -2.43. The van der Waals surface area contributed by atoms with E-state index < -0.39 is 14.1 Å². The maximum Gasteiger partial charge on any atom is 0.261 e. The second kappa shape index (κ2) is 13.2. The number of pyridine rings is 1. The van der Waals surface area contributed by atoms with E-state index in [2.05, 4.69) is 60.1 Å². The minimum Gasteiger partial charge on any atom is -0.410 e. The Morgan fingerprint density at radius 1 is 1.02 bits per heavy atom. The van der Waals surface area contributed by atoms with Crippen LogP contribution in [0.4, 0.5) is 10.1 Å². The number of aromatic nitrogens is 1. The van der Waals surface area contributed by atoms with Gasteiger partial charge in [0.1, 0.15) is 10.7 Å². The van der Waals surface area contributed by atoms with Gasteiger partial charge in [-0.1, -0.05) is 98.2 Å². The molecule has 0 bridgehead atoms. The molecule has 9 heteroatoms. The van der Waals surface area contributed by atoms with Gasteiger partial charge in [0.2, 0.25) is 0 Å². The first-order valence-corrected chi connectivity index (χ1v) is 17.1.